The molecule has 1 heterocycles. The maximum Gasteiger partial charge on any atom is 0.00483 e. The Morgan fingerprint density at radius 3 is 2.94 bits per heavy atom. The van der Waals surface area contributed by atoms with Gasteiger partial charge in [0.25, 0.3) is 0 Å². The molecular formula is C15H25NS. The molecule has 96 valence electrons. The van der Waals surface area contributed by atoms with Gasteiger partial charge in [0, 0.05) is 4.88 Å². The monoisotopic (exact) mass is 251 g/mol. The van der Waals surface area contributed by atoms with Crippen LogP contribution < -0.4 is 5.32 Å². The Labute approximate surface area is 110 Å². The predicted molar refractivity (Wildman–Crippen MR) is 78.7 cm³/mol. The van der Waals surface area contributed by atoms with Gasteiger partial charge >= 0.3 is 0 Å². The summed E-state index contributed by atoms with van der Waals surface area (Å²) in [5.41, 5.74) is 1.52. The first-order valence-corrected chi connectivity index (χ1v) is 7.45. The summed E-state index contributed by atoms with van der Waals surface area (Å²) in [4.78, 5) is 1.50. The standard InChI is InChI=1S/C15H25NS/c1-13(2)12-16-10-4-6-14(3)8-9-15-7-5-11-17-15/h5-7,11,13,16H,4,8-10,12H2,1-3H3. The summed E-state index contributed by atoms with van der Waals surface area (Å²) in [5.74, 6) is 0.749. The molecule has 0 aliphatic heterocycles. The molecule has 1 aromatic heterocycles. The molecule has 0 aliphatic carbocycles. The van der Waals surface area contributed by atoms with E-state index in [9.17, 15) is 0 Å². The van der Waals surface area contributed by atoms with E-state index in [-0.39, 0.29) is 0 Å². The van der Waals surface area contributed by atoms with Crippen LogP contribution in [0.15, 0.2) is 29.2 Å². The average molecular weight is 251 g/mol. The fourth-order valence-corrected chi connectivity index (χ4v) is 2.40. The van der Waals surface area contributed by atoms with Crippen LogP contribution in [0.3, 0.4) is 0 Å². The number of aryl methyl sites for hydroxylation is 1. The fourth-order valence-electron chi connectivity index (χ4n) is 1.69. The van der Waals surface area contributed by atoms with Crippen LogP contribution in [0.25, 0.3) is 0 Å². The number of hydrogen-bond donors (Lipinski definition) is 1. The van der Waals surface area contributed by atoms with Crippen LogP contribution in [-0.2, 0) is 6.42 Å². The number of nitrogens with one attached hydrogen (secondary N) is 1. The van der Waals surface area contributed by atoms with E-state index in [1.807, 2.05) is 11.3 Å². The Bertz CT molecular complexity index is 312. The van der Waals surface area contributed by atoms with Crippen molar-refractivity contribution in [3.05, 3.63) is 34.0 Å². The van der Waals surface area contributed by atoms with Crippen LogP contribution in [0.1, 0.15) is 38.5 Å². The van der Waals surface area contributed by atoms with Crippen molar-refractivity contribution in [2.45, 2.75) is 40.0 Å². The summed E-state index contributed by atoms with van der Waals surface area (Å²) in [5, 5.41) is 5.62. The zero-order valence-corrected chi connectivity index (χ0v) is 12.1. The second kappa shape index (κ2) is 8.48. The smallest absolute Gasteiger partial charge is 0.00483 e. The molecule has 0 saturated carbocycles. The van der Waals surface area contributed by atoms with Crippen LogP contribution in [-0.4, -0.2) is 13.1 Å². The summed E-state index contributed by atoms with van der Waals surface area (Å²) < 4.78 is 0. The van der Waals surface area contributed by atoms with Crippen molar-refractivity contribution in [2.24, 2.45) is 5.92 Å². The third-order valence-corrected chi connectivity index (χ3v) is 3.65. The first-order chi connectivity index (χ1) is 8.18. The molecule has 0 bridgehead atoms. The van der Waals surface area contributed by atoms with E-state index in [2.05, 4.69) is 49.7 Å². The summed E-state index contributed by atoms with van der Waals surface area (Å²) in [7, 11) is 0. The highest BCUT2D eigenvalue weighted by atomic mass is 32.1. The van der Waals surface area contributed by atoms with Gasteiger partial charge in [0.1, 0.15) is 0 Å². The van der Waals surface area contributed by atoms with Gasteiger partial charge in [-0.05, 0) is 56.6 Å². The maximum atomic E-state index is 3.47. The van der Waals surface area contributed by atoms with Gasteiger partial charge in [0.05, 0.1) is 0 Å². The Morgan fingerprint density at radius 2 is 2.29 bits per heavy atom. The summed E-state index contributed by atoms with van der Waals surface area (Å²) in [6, 6.07) is 4.36. The molecule has 1 N–H and O–H groups in total. The van der Waals surface area contributed by atoms with Gasteiger partial charge < -0.3 is 5.32 Å². The molecule has 1 rings (SSSR count). The van der Waals surface area contributed by atoms with E-state index in [0.717, 1.165) is 25.4 Å². The molecule has 0 atom stereocenters. The lowest BCUT2D eigenvalue weighted by molar-refractivity contribution is 0.556. The molecule has 1 nitrogen and oxygen atoms in total. The van der Waals surface area contributed by atoms with Gasteiger partial charge in [-0.1, -0.05) is 31.6 Å². The van der Waals surface area contributed by atoms with Gasteiger partial charge in [-0.2, -0.15) is 0 Å². The Kier molecular flexibility index (Phi) is 7.22. The van der Waals surface area contributed by atoms with Crippen molar-refractivity contribution in [2.75, 3.05) is 13.1 Å². The lowest BCUT2D eigenvalue weighted by Crippen LogP contribution is -2.20. The highest BCUT2D eigenvalue weighted by Gasteiger charge is 1.95. The van der Waals surface area contributed by atoms with Gasteiger partial charge in [0.15, 0.2) is 0 Å². The van der Waals surface area contributed by atoms with Crippen LogP contribution >= 0.6 is 11.3 Å². The molecule has 0 aromatic carbocycles. The van der Waals surface area contributed by atoms with Crippen LogP contribution in [0.5, 0.6) is 0 Å². The maximum absolute atomic E-state index is 3.47. The lowest BCUT2D eigenvalue weighted by atomic mass is 10.1. The number of hydrogen-bond acceptors (Lipinski definition) is 2. The fraction of sp³-hybridized carbons (Fsp3) is 0.600. The Morgan fingerprint density at radius 1 is 1.47 bits per heavy atom. The quantitative estimate of drug-likeness (QED) is 0.537. The average Bonchev–Trinajstić information content (AvgIpc) is 2.78. The lowest BCUT2D eigenvalue weighted by Gasteiger charge is -2.06. The third-order valence-electron chi connectivity index (χ3n) is 2.71. The van der Waals surface area contributed by atoms with E-state index < -0.39 is 0 Å². The van der Waals surface area contributed by atoms with E-state index in [4.69, 9.17) is 0 Å². The normalized spacial score (nSPS) is 12.4. The Hall–Kier alpha value is -0.600. The Balaban J connectivity index is 2.08. The second-order valence-electron chi connectivity index (χ2n) is 5.02. The summed E-state index contributed by atoms with van der Waals surface area (Å²) >= 11 is 1.86. The SMILES string of the molecule is CC(=CCCNCC(C)C)CCc1cccs1. The van der Waals surface area contributed by atoms with Gasteiger partial charge in [0.2, 0.25) is 0 Å². The minimum absolute atomic E-state index is 0.749. The highest BCUT2D eigenvalue weighted by Crippen LogP contribution is 2.14. The molecule has 1 aromatic rings. The topological polar surface area (TPSA) is 12.0 Å². The molecule has 2 heteroatoms. The molecule has 0 spiro atoms. The minimum atomic E-state index is 0.749. The zero-order chi connectivity index (χ0) is 12.5. The highest BCUT2D eigenvalue weighted by molar-refractivity contribution is 7.09. The number of allylic oxidation sites excluding steroid dienone is 1. The minimum Gasteiger partial charge on any atom is -0.316 e. The van der Waals surface area contributed by atoms with E-state index in [1.54, 1.807) is 0 Å². The molecule has 0 aliphatic rings. The first-order valence-electron chi connectivity index (χ1n) is 6.57. The molecule has 0 saturated heterocycles. The second-order valence-corrected chi connectivity index (χ2v) is 6.05. The van der Waals surface area contributed by atoms with Crippen molar-refractivity contribution < 1.29 is 0 Å². The van der Waals surface area contributed by atoms with E-state index >= 15 is 0 Å². The first kappa shape index (κ1) is 14.5. The summed E-state index contributed by atoms with van der Waals surface area (Å²) in [6.45, 7) is 8.97. The van der Waals surface area contributed by atoms with Gasteiger partial charge in [-0.3, -0.25) is 0 Å². The van der Waals surface area contributed by atoms with Crippen molar-refractivity contribution in [3.8, 4) is 0 Å². The van der Waals surface area contributed by atoms with Gasteiger partial charge in [-0.25, -0.2) is 0 Å². The van der Waals surface area contributed by atoms with E-state index in [1.165, 1.54) is 23.3 Å². The van der Waals surface area contributed by atoms with Gasteiger partial charge in [-0.15, -0.1) is 11.3 Å². The molecule has 0 unspecified atom stereocenters. The van der Waals surface area contributed by atoms with E-state index in [0.29, 0.717) is 0 Å². The van der Waals surface area contributed by atoms with Crippen molar-refractivity contribution in [1.82, 2.24) is 5.32 Å². The number of thiophene rings is 1. The van der Waals surface area contributed by atoms with Crippen molar-refractivity contribution >= 4 is 11.3 Å². The van der Waals surface area contributed by atoms with Crippen LogP contribution in [0.2, 0.25) is 0 Å². The molecule has 17 heavy (non-hydrogen) atoms. The third kappa shape index (κ3) is 7.35. The summed E-state index contributed by atoms with van der Waals surface area (Å²) in [6.07, 6.45) is 5.92. The number of rotatable bonds is 8. The largest absolute Gasteiger partial charge is 0.316 e. The molecule has 0 fully saturated rings. The van der Waals surface area contributed by atoms with Crippen molar-refractivity contribution in [1.29, 1.82) is 0 Å². The van der Waals surface area contributed by atoms with Crippen LogP contribution in [0.4, 0.5) is 0 Å². The van der Waals surface area contributed by atoms with Crippen LogP contribution in [0, 0.1) is 5.92 Å². The molecule has 0 amide bonds. The predicted octanol–water partition coefficient (Wildman–Crippen LogP) is 4.26. The zero-order valence-electron chi connectivity index (χ0n) is 11.3. The molecule has 0 radical (unpaired) electrons. The van der Waals surface area contributed by atoms with Crippen molar-refractivity contribution in [3.63, 3.8) is 0 Å². The molecular weight excluding hydrogens is 226 g/mol.